The van der Waals surface area contributed by atoms with Crippen molar-refractivity contribution in [2.24, 2.45) is 0 Å². The molecule has 0 atom stereocenters. The number of amides is 1. The third-order valence-electron chi connectivity index (χ3n) is 3.11. The number of hydrogen-bond donors (Lipinski definition) is 4. The summed E-state index contributed by atoms with van der Waals surface area (Å²) in [7, 11) is 0. The van der Waals surface area contributed by atoms with Crippen molar-refractivity contribution in [2.75, 3.05) is 16.5 Å². The fourth-order valence-corrected chi connectivity index (χ4v) is 1.90. The van der Waals surface area contributed by atoms with E-state index >= 15 is 0 Å². The molecule has 2 aromatic heterocycles. The number of aromatic nitrogens is 2. The van der Waals surface area contributed by atoms with Crippen LogP contribution in [-0.4, -0.2) is 15.9 Å². The van der Waals surface area contributed by atoms with Gasteiger partial charge in [-0.1, -0.05) is 0 Å². The summed E-state index contributed by atoms with van der Waals surface area (Å²) in [5.74, 6) is -1.80. The standard InChI is InChI=1S/C15H12F2N6O2/c16-8-3-4-10(9(17)6-8)21-13-12(18)14(20-7-19-13)22-23-15(24)11-2-1-5-25-11/h1-7H,18H2,(H,23,24)(H2,19,20,21,22). The minimum Gasteiger partial charge on any atom is -0.459 e. The second kappa shape index (κ2) is 6.83. The molecule has 8 nitrogen and oxygen atoms in total. The highest BCUT2D eigenvalue weighted by Crippen LogP contribution is 2.26. The zero-order valence-electron chi connectivity index (χ0n) is 12.6. The summed E-state index contributed by atoms with van der Waals surface area (Å²) in [5, 5.41) is 2.63. The maximum Gasteiger partial charge on any atom is 0.305 e. The molecule has 0 aliphatic heterocycles. The number of hydrazine groups is 1. The second-order valence-corrected chi connectivity index (χ2v) is 4.79. The van der Waals surface area contributed by atoms with Gasteiger partial charge in [0.15, 0.2) is 17.4 Å². The van der Waals surface area contributed by atoms with E-state index in [0.717, 1.165) is 18.5 Å². The van der Waals surface area contributed by atoms with Gasteiger partial charge in [-0.3, -0.25) is 15.6 Å². The van der Waals surface area contributed by atoms with Crippen molar-refractivity contribution in [1.82, 2.24) is 15.4 Å². The molecule has 0 radical (unpaired) electrons. The molecule has 128 valence electrons. The predicted octanol–water partition coefficient (Wildman–Crippen LogP) is 2.43. The van der Waals surface area contributed by atoms with Crippen LogP contribution < -0.4 is 21.9 Å². The van der Waals surface area contributed by atoms with Crippen molar-refractivity contribution in [1.29, 1.82) is 0 Å². The van der Waals surface area contributed by atoms with Crippen LogP contribution in [0.1, 0.15) is 10.6 Å². The van der Waals surface area contributed by atoms with E-state index in [1.54, 1.807) is 6.07 Å². The molecule has 3 aromatic rings. The third kappa shape index (κ3) is 3.63. The van der Waals surface area contributed by atoms with Crippen LogP contribution in [0.25, 0.3) is 0 Å². The summed E-state index contributed by atoms with van der Waals surface area (Å²) in [5.41, 5.74) is 10.8. The zero-order chi connectivity index (χ0) is 17.8. The van der Waals surface area contributed by atoms with Gasteiger partial charge in [0.1, 0.15) is 23.6 Å². The topological polar surface area (TPSA) is 118 Å². The van der Waals surface area contributed by atoms with E-state index in [1.807, 2.05) is 0 Å². The SMILES string of the molecule is Nc1c(NNC(=O)c2ccco2)ncnc1Nc1ccc(F)cc1F. The highest BCUT2D eigenvalue weighted by Gasteiger charge is 2.13. The number of nitrogen functional groups attached to an aromatic ring is 1. The van der Waals surface area contributed by atoms with Gasteiger partial charge in [-0.25, -0.2) is 18.7 Å². The Labute approximate surface area is 140 Å². The first-order valence-corrected chi connectivity index (χ1v) is 6.97. The van der Waals surface area contributed by atoms with E-state index in [0.29, 0.717) is 0 Å². The Hall–Kier alpha value is -3.69. The Bertz CT molecular complexity index is 901. The van der Waals surface area contributed by atoms with E-state index in [4.69, 9.17) is 10.2 Å². The van der Waals surface area contributed by atoms with E-state index < -0.39 is 17.5 Å². The Morgan fingerprint density at radius 3 is 2.68 bits per heavy atom. The fourth-order valence-electron chi connectivity index (χ4n) is 1.90. The number of nitrogens with two attached hydrogens (primary N) is 1. The van der Waals surface area contributed by atoms with E-state index in [9.17, 15) is 13.6 Å². The lowest BCUT2D eigenvalue weighted by atomic mass is 10.3. The first kappa shape index (κ1) is 16.2. The number of rotatable bonds is 5. The molecule has 0 unspecified atom stereocenters. The van der Waals surface area contributed by atoms with Crippen molar-refractivity contribution >= 4 is 28.9 Å². The van der Waals surface area contributed by atoms with Gasteiger partial charge in [0.2, 0.25) is 0 Å². The zero-order valence-corrected chi connectivity index (χ0v) is 12.6. The number of benzene rings is 1. The van der Waals surface area contributed by atoms with Crippen LogP contribution in [0.15, 0.2) is 47.3 Å². The maximum atomic E-state index is 13.7. The van der Waals surface area contributed by atoms with Gasteiger partial charge < -0.3 is 15.5 Å². The Kier molecular flexibility index (Phi) is 4.42. The summed E-state index contributed by atoms with van der Waals surface area (Å²) in [6, 6.07) is 6.06. The quantitative estimate of drug-likeness (QED) is 0.524. The Balaban J connectivity index is 1.74. The lowest BCUT2D eigenvalue weighted by Crippen LogP contribution is -2.30. The highest BCUT2D eigenvalue weighted by atomic mass is 19.1. The van der Waals surface area contributed by atoms with Crippen LogP contribution in [0.4, 0.5) is 31.8 Å². The van der Waals surface area contributed by atoms with Crippen molar-refractivity contribution in [2.45, 2.75) is 0 Å². The van der Waals surface area contributed by atoms with Crippen molar-refractivity contribution in [3.05, 3.63) is 60.3 Å². The Morgan fingerprint density at radius 2 is 1.96 bits per heavy atom. The van der Waals surface area contributed by atoms with Gasteiger partial charge in [-0.05, 0) is 24.3 Å². The van der Waals surface area contributed by atoms with Crippen molar-refractivity contribution in [3.63, 3.8) is 0 Å². The molecule has 1 amide bonds. The van der Waals surface area contributed by atoms with Gasteiger partial charge in [0, 0.05) is 6.07 Å². The number of hydrogen-bond acceptors (Lipinski definition) is 7. The monoisotopic (exact) mass is 346 g/mol. The van der Waals surface area contributed by atoms with Crippen molar-refractivity contribution < 1.29 is 18.0 Å². The van der Waals surface area contributed by atoms with Gasteiger partial charge in [-0.2, -0.15) is 0 Å². The van der Waals surface area contributed by atoms with Crippen LogP contribution in [0, 0.1) is 11.6 Å². The highest BCUT2D eigenvalue weighted by molar-refractivity contribution is 5.92. The number of nitrogens with zero attached hydrogens (tertiary/aromatic N) is 2. The summed E-state index contributed by atoms with van der Waals surface area (Å²) in [6.45, 7) is 0. The summed E-state index contributed by atoms with van der Waals surface area (Å²) >= 11 is 0. The molecule has 0 bridgehead atoms. The molecule has 0 saturated heterocycles. The predicted molar refractivity (Wildman–Crippen MR) is 85.9 cm³/mol. The molecule has 25 heavy (non-hydrogen) atoms. The first-order valence-electron chi connectivity index (χ1n) is 6.97. The molecule has 2 heterocycles. The molecule has 0 aliphatic rings. The van der Waals surface area contributed by atoms with Crippen LogP contribution in [0.3, 0.4) is 0 Å². The molecule has 3 rings (SSSR count). The summed E-state index contributed by atoms with van der Waals surface area (Å²) in [4.78, 5) is 19.6. The number of nitrogens with one attached hydrogen (secondary N) is 3. The number of furan rings is 1. The van der Waals surface area contributed by atoms with Crippen molar-refractivity contribution in [3.8, 4) is 0 Å². The number of carbonyl (C=O) groups is 1. The largest absolute Gasteiger partial charge is 0.459 e. The van der Waals surface area contributed by atoms with Crippen LogP contribution in [0.2, 0.25) is 0 Å². The maximum absolute atomic E-state index is 13.7. The Morgan fingerprint density at radius 1 is 1.16 bits per heavy atom. The number of carbonyl (C=O) groups excluding carboxylic acids is 1. The van der Waals surface area contributed by atoms with Crippen LogP contribution >= 0.6 is 0 Å². The molecular weight excluding hydrogens is 334 g/mol. The van der Waals surface area contributed by atoms with Gasteiger partial charge in [-0.15, -0.1) is 0 Å². The van der Waals surface area contributed by atoms with Gasteiger partial charge in [0.25, 0.3) is 0 Å². The van der Waals surface area contributed by atoms with Gasteiger partial charge >= 0.3 is 5.91 Å². The van der Waals surface area contributed by atoms with E-state index in [1.165, 1.54) is 18.4 Å². The van der Waals surface area contributed by atoms with Crippen LogP contribution in [0.5, 0.6) is 0 Å². The molecule has 0 aliphatic carbocycles. The van der Waals surface area contributed by atoms with E-state index in [2.05, 4.69) is 26.1 Å². The fraction of sp³-hybridized carbons (Fsp3) is 0. The molecule has 0 fully saturated rings. The average Bonchev–Trinajstić information content (AvgIpc) is 3.12. The molecule has 0 spiro atoms. The minimum atomic E-state index is -0.807. The molecular formula is C15H12F2N6O2. The smallest absolute Gasteiger partial charge is 0.305 e. The van der Waals surface area contributed by atoms with Crippen LogP contribution in [-0.2, 0) is 0 Å². The minimum absolute atomic E-state index is 0.0163. The molecule has 10 heteroatoms. The first-order chi connectivity index (χ1) is 12.0. The third-order valence-corrected chi connectivity index (χ3v) is 3.11. The van der Waals surface area contributed by atoms with E-state index in [-0.39, 0.29) is 28.8 Å². The molecule has 1 aromatic carbocycles. The van der Waals surface area contributed by atoms with Gasteiger partial charge in [0.05, 0.1) is 12.0 Å². The lowest BCUT2D eigenvalue weighted by Gasteiger charge is -2.13. The normalized spacial score (nSPS) is 10.3. The molecule has 5 N–H and O–H groups in total. The number of anilines is 4. The number of halogens is 2. The summed E-state index contributed by atoms with van der Waals surface area (Å²) in [6.07, 6.45) is 2.51. The molecule has 0 saturated carbocycles. The average molecular weight is 346 g/mol. The second-order valence-electron chi connectivity index (χ2n) is 4.79. The summed E-state index contributed by atoms with van der Waals surface area (Å²) < 4.78 is 31.6. The lowest BCUT2D eigenvalue weighted by molar-refractivity contribution is 0.0935.